The SMILES string of the molecule is CC1(C)CCCC(n2c(CCl)nc3c(F)cccc32)C1. The average Bonchev–Trinajstić information content (AvgIpc) is 2.77. The van der Waals surface area contributed by atoms with Gasteiger partial charge in [0.25, 0.3) is 0 Å². The van der Waals surface area contributed by atoms with Crippen LogP contribution in [0.3, 0.4) is 0 Å². The smallest absolute Gasteiger partial charge is 0.151 e. The lowest BCUT2D eigenvalue weighted by Gasteiger charge is -2.36. The Morgan fingerprint density at radius 1 is 1.45 bits per heavy atom. The van der Waals surface area contributed by atoms with E-state index in [1.165, 1.54) is 18.9 Å². The molecule has 2 nitrogen and oxygen atoms in total. The average molecular weight is 295 g/mol. The summed E-state index contributed by atoms with van der Waals surface area (Å²) in [6, 6.07) is 5.53. The van der Waals surface area contributed by atoms with Crippen molar-refractivity contribution in [2.45, 2.75) is 51.5 Å². The second-order valence-electron chi connectivity index (χ2n) is 6.55. The van der Waals surface area contributed by atoms with Crippen LogP contribution in [0.15, 0.2) is 18.2 Å². The van der Waals surface area contributed by atoms with Gasteiger partial charge in [0, 0.05) is 6.04 Å². The summed E-state index contributed by atoms with van der Waals surface area (Å²) >= 11 is 6.04. The molecule has 1 aromatic carbocycles. The zero-order valence-electron chi connectivity index (χ0n) is 12.0. The standard InChI is InChI=1S/C16H20ClFN2/c1-16(2)8-4-5-11(9-16)20-13-7-3-6-12(18)15(13)19-14(20)10-17/h3,6-7,11H,4-5,8-10H2,1-2H3. The van der Waals surface area contributed by atoms with E-state index in [0.29, 0.717) is 22.9 Å². The maximum Gasteiger partial charge on any atom is 0.151 e. The summed E-state index contributed by atoms with van der Waals surface area (Å²) < 4.78 is 16.1. The highest BCUT2D eigenvalue weighted by Gasteiger charge is 2.31. The lowest BCUT2D eigenvalue weighted by Crippen LogP contribution is -2.25. The lowest BCUT2D eigenvalue weighted by atomic mass is 9.75. The van der Waals surface area contributed by atoms with Crippen LogP contribution < -0.4 is 0 Å². The molecule has 1 heterocycles. The second-order valence-corrected chi connectivity index (χ2v) is 6.82. The molecule has 0 saturated heterocycles. The van der Waals surface area contributed by atoms with Crippen LogP contribution in [0.4, 0.5) is 4.39 Å². The van der Waals surface area contributed by atoms with E-state index in [-0.39, 0.29) is 5.82 Å². The fraction of sp³-hybridized carbons (Fsp3) is 0.562. The van der Waals surface area contributed by atoms with Crippen LogP contribution in [0.5, 0.6) is 0 Å². The van der Waals surface area contributed by atoms with E-state index in [4.69, 9.17) is 11.6 Å². The van der Waals surface area contributed by atoms with Gasteiger partial charge in [-0.1, -0.05) is 26.3 Å². The van der Waals surface area contributed by atoms with Gasteiger partial charge in [-0.3, -0.25) is 0 Å². The number of imidazole rings is 1. The molecule has 4 heteroatoms. The molecular formula is C16H20ClFN2. The van der Waals surface area contributed by atoms with Crippen LogP contribution in [-0.4, -0.2) is 9.55 Å². The summed E-state index contributed by atoms with van der Waals surface area (Å²) in [6.45, 7) is 4.61. The topological polar surface area (TPSA) is 17.8 Å². The molecule has 0 radical (unpaired) electrons. The van der Waals surface area contributed by atoms with Gasteiger partial charge in [-0.15, -0.1) is 11.6 Å². The zero-order chi connectivity index (χ0) is 14.3. The highest BCUT2D eigenvalue weighted by molar-refractivity contribution is 6.16. The summed E-state index contributed by atoms with van der Waals surface area (Å²) in [5.74, 6) is 0.850. The molecular weight excluding hydrogens is 275 g/mol. The highest BCUT2D eigenvalue weighted by atomic mass is 35.5. The third kappa shape index (κ3) is 2.32. The van der Waals surface area contributed by atoms with Gasteiger partial charge in [-0.25, -0.2) is 9.37 Å². The van der Waals surface area contributed by atoms with Gasteiger partial charge in [-0.05, 0) is 36.8 Å². The van der Waals surface area contributed by atoms with Crippen molar-refractivity contribution >= 4 is 22.6 Å². The van der Waals surface area contributed by atoms with E-state index in [1.54, 1.807) is 6.07 Å². The number of halogens is 2. The first kappa shape index (κ1) is 13.9. The Morgan fingerprint density at radius 2 is 2.25 bits per heavy atom. The van der Waals surface area contributed by atoms with Gasteiger partial charge >= 0.3 is 0 Å². The first-order valence-electron chi connectivity index (χ1n) is 7.23. The molecule has 0 bridgehead atoms. The largest absolute Gasteiger partial charge is 0.324 e. The van der Waals surface area contributed by atoms with Gasteiger partial charge in [0.2, 0.25) is 0 Å². The molecule has 0 amide bonds. The number of fused-ring (bicyclic) bond motifs is 1. The van der Waals surface area contributed by atoms with Gasteiger partial charge in [-0.2, -0.15) is 0 Å². The molecule has 20 heavy (non-hydrogen) atoms. The quantitative estimate of drug-likeness (QED) is 0.708. The van der Waals surface area contributed by atoms with Gasteiger partial charge in [0.05, 0.1) is 11.4 Å². The number of benzene rings is 1. The molecule has 0 aliphatic heterocycles. The second kappa shape index (κ2) is 5.03. The molecule has 108 valence electrons. The van der Waals surface area contributed by atoms with Crippen molar-refractivity contribution in [3.05, 3.63) is 29.8 Å². The predicted molar refractivity (Wildman–Crippen MR) is 80.5 cm³/mol. The first-order chi connectivity index (χ1) is 9.52. The number of hydrogen-bond acceptors (Lipinski definition) is 1. The lowest BCUT2D eigenvalue weighted by molar-refractivity contribution is 0.184. The van der Waals surface area contributed by atoms with Crippen LogP contribution in [0.2, 0.25) is 0 Å². The zero-order valence-corrected chi connectivity index (χ0v) is 12.8. The molecule has 1 atom stereocenters. The van der Waals surface area contributed by atoms with E-state index in [1.807, 2.05) is 6.07 Å². The van der Waals surface area contributed by atoms with Crippen molar-refractivity contribution in [2.75, 3.05) is 0 Å². The minimum absolute atomic E-state index is 0.261. The number of hydrogen-bond donors (Lipinski definition) is 0. The van der Waals surface area contributed by atoms with E-state index >= 15 is 0 Å². The van der Waals surface area contributed by atoms with Crippen molar-refractivity contribution in [3.63, 3.8) is 0 Å². The third-order valence-electron chi connectivity index (χ3n) is 4.41. The molecule has 1 unspecified atom stereocenters. The predicted octanol–water partition coefficient (Wildman–Crippen LogP) is 5.06. The molecule has 0 spiro atoms. The number of aromatic nitrogens is 2. The van der Waals surface area contributed by atoms with Crippen molar-refractivity contribution in [1.82, 2.24) is 9.55 Å². The normalized spacial score (nSPS) is 22.3. The molecule has 1 aliphatic rings. The van der Waals surface area contributed by atoms with Crippen LogP contribution >= 0.6 is 11.6 Å². The number of rotatable bonds is 2. The van der Waals surface area contributed by atoms with E-state index < -0.39 is 0 Å². The Balaban J connectivity index is 2.12. The maximum atomic E-state index is 13.9. The Morgan fingerprint density at radius 3 is 2.95 bits per heavy atom. The molecule has 0 N–H and O–H groups in total. The number of alkyl halides is 1. The van der Waals surface area contributed by atoms with Crippen molar-refractivity contribution in [3.8, 4) is 0 Å². The molecule has 1 saturated carbocycles. The maximum absolute atomic E-state index is 13.9. The Kier molecular flexibility index (Phi) is 3.49. The van der Waals surface area contributed by atoms with Gasteiger partial charge in [0.15, 0.2) is 5.82 Å². The Labute approximate surface area is 123 Å². The van der Waals surface area contributed by atoms with Crippen molar-refractivity contribution < 1.29 is 4.39 Å². The minimum atomic E-state index is -0.261. The monoisotopic (exact) mass is 294 g/mol. The molecule has 1 aliphatic carbocycles. The Bertz CT molecular complexity index is 633. The van der Waals surface area contributed by atoms with E-state index in [2.05, 4.69) is 23.4 Å². The van der Waals surface area contributed by atoms with Crippen molar-refractivity contribution in [2.24, 2.45) is 5.41 Å². The fourth-order valence-electron chi connectivity index (χ4n) is 3.51. The van der Waals surface area contributed by atoms with Crippen LogP contribution in [0.25, 0.3) is 11.0 Å². The first-order valence-corrected chi connectivity index (χ1v) is 7.76. The number of nitrogens with zero attached hydrogens (tertiary/aromatic N) is 2. The summed E-state index contributed by atoms with van der Waals surface area (Å²) in [4.78, 5) is 4.41. The Hall–Kier alpha value is -1.09. The summed E-state index contributed by atoms with van der Waals surface area (Å²) in [5, 5.41) is 0. The third-order valence-corrected chi connectivity index (χ3v) is 4.65. The summed E-state index contributed by atoms with van der Waals surface area (Å²) in [5.41, 5.74) is 1.66. The van der Waals surface area contributed by atoms with E-state index in [9.17, 15) is 4.39 Å². The van der Waals surface area contributed by atoms with E-state index in [0.717, 1.165) is 24.2 Å². The number of para-hydroxylation sites is 1. The van der Waals surface area contributed by atoms with Gasteiger partial charge < -0.3 is 4.57 Å². The molecule has 1 aromatic heterocycles. The molecule has 3 rings (SSSR count). The van der Waals surface area contributed by atoms with Crippen LogP contribution in [0, 0.1) is 11.2 Å². The van der Waals surface area contributed by atoms with Crippen molar-refractivity contribution in [1.29, 1.82) is 0 Å². The minimum Gasteiger partial charge on any atom is -0.324 e. The highest BCUT2D eigenvalue weighted by Crippen LogP contribution is 2.42. The fourth-order valence-corrected chi connectivity index (χ4v) is 3.70. The van der Waals surface area contributed by atoms with Crippen LogP contribution in [0.1, 0.15) is 51.4 Å². The summed E-state index contributed by atoms with van der Waals surface area (Å²) in [6.07, 6.45) is 4.67. The molecule has 1 fully saturated rings. The summed E-state index contributed by atoms with van der Waals surface area (Å²) in [7, 11) is 0. The van der Waals surface area contributed by atoms with Gasteiger partial charge in [0.1, 0.15) is 11.3 Å². The molecule has 2 aromatic rings. The van der Waals surface area contributed by atoms with Crippen LogP contribution in [-0.2, 0) is 5.88 Å².